The average Bonchev–Trinajstić information content (AvgIpc) is 2.42. The van der Waals surface area contributed by atoms with Crippen molar-refractivity contribution in [2.45, 2.75) is 24.1 Å². The summed E-state index contributed by atoms with van der Waals surface area (Å²) in [5.41, 5.74) is -1.08. The molecule has 11 heavy (non-hydrogen) atoms. The SMILES string of the molecule is OC[C@@]12CO[C@@H]([C@H](O)O1)[C@H]2O. The molecule has 0 aromatic rings. The van der Waals surface area contributed by atoms with Crippen molar-refractivity contribution >= 4 is 0 Å². The molecule has 0 aliphatic carbocycles. The third-order valence-corrected chi connectivity index (χ3v) is 2.27. The topological polar surface area (TPSA) is 79.2 Å². The predicted molar refractivity (Wildman–Crippen MR) is 32.7 cm³/mol. The molecule has 0 saturated carbocycles. The molecule has 2 aliphatic rings. The Morgan fingerprint density at radius 2 is 2.18 bits per heavy atom. The smallest absolute Gasteiger partial charge is 0.184 e. The first-order valence-electron chi connectivity index (χ1n) is 3.46. The molecule has 0 unspecified atom stereocenters. The van der Waals surface area contributed by atoms with Crippen LogP contribution in [0.3, 0.4) is 0 Å². The van der Waals surface area contributed by atoms with Crippen LogP contribution in [0.25, 0.3) is 0 Å². The summed E-state index contributed by atoms with van der Waals surface area (Å²) in [6.07, 6.45) is -2.71. The highest BCUT2D eigenvalue weighted by molar-refractivity contribution is 5.05. The third kappa shape index (κ3) is 0.771. The highest BCUT2D eigenvalue weighted by Gasteiger charge is 2.60. The van der Waals surface area contributed by atoms with Crippen molar-refractivity contribution in [1.82, 2.24) is 0 Å². The van der Waals surface area contributed by atoms with E-state index in [1.165, 1.54) is 0 Å². The molecule has 2 fully saturated rings. The van der Waals surface area contributed by atoms with Crippen LogP contribution in [0, 0.1) is 0 Å². The Morgan fingerprint density at radius 1 is 1.45 bits per heavy atom. The number of rotatable bonds is 1. The molecule has 2 bridgehead atoms. The maximum Gasteiger partial charge on any atom is 0.184 e. The van der Waals surface area contributed by atoms with Gasteiger partial charge in [0.15, 0.2) is 6.29 Å². The van der Waals surface area contributed by atoms with Gasteiger partial charge in [0.25, 0.3) is 0 Å². The highest BCUT2D eigenvalue weighted by atomic mass is 16.7. The van der Waals surface area contributed by atoms with Gasteiger partial charge in [0.2, 0.25) is 0 Å². The highest BCUT2D eigenvalue weighted by Crippen LogP contribution is 2.38. The van der Waals surface area contributed by atoms with Crippen LogP contribution in [0.2, 0.25) is 0 Å². The fraction of sp³-hybridized carbons (Fsp3) is 1.00. The second-order valence-corrected chi connectivity index (χ2v) is 2.95. The van der Waals surface area contributed by atoms with Crippen molar-refractivity contribution in [2.24, 2.45) is 0 Å². The van der Waals surface area contributed by atoms with E-state index in [1.54, 1.807) is 0 Å². The van der Waals surface area contributed by atoms with Crippen molar-refractivity contribution < 1.29 is 24.8 Å². The van der Waals surface area contributed by atoms with Crippen LogP contribution < -0.4 is 0 Å². The number of hydrogen-bond acceptors (Lipinski definition) is 5. The minimum atomic E-state index is -1.11. The normalized spacial score (nSPS) is 55.4. The lowest BCUT2D eigenvalue weighted by Crippen LogP contribution is -2.44. The van der Waals surface area contributed by atoms with Crippen LogP contribution in [0.5, 0.6) is 0 Å². The first kappa shape index (κ1) is 7.45. The molecule has 0 radical (unpaired) electrons. The van der Waals surface area contributed by atoms with Gasteiger partial charge >= 0.3 is 0 Å². The molecular weight excluding hydrogens is 152 g/mol. The fourth-order valence-corrected chi connectivity index (χ4v) is 1.54. The van der Waals surface area contributed by atoms with Crippen molar-refractivity contribution in [3.63, 3.8) is 0 Å². The Balaban J connectivity index is 2.24. The minimum absolute atomic E-state index is 0.145. The van der Waals surface area contributed by atoms with Gasteiger partial charge in [-0.2, -0.15) is 0 Å². The summed E-state index contributed by atoms with van der Waals surface area (Å²) in [5, 5.41) is 27.3. The second kappa shape index (κ2) is 2.15. The van der Waals surface area contributed by atoms with Gasteiger partial charge in [0, 0.05) is 0 Å². The van der Waals surface area contributed by atoms with Crippen molar-refractivity contribution in [2.75, 3.05) is 13.2 Å². The molecular formula is C6H10O5. The summed E-state index contributed by atoms with van der Waals surface area (Å²) in [7, 11) is 0. The molecule has 3 N–H and O–H groups in total. The van der Waals surface area contributed by atoms with E-state index in [4.69, 9.17) is 19.7 Å². The van der Waals surface area contributed by atoms with E-state index in [2.05, 4.69) is 0 Å². The van der Waals surface area contributed by atoms with E-state index < -0.39 is 24.1 Å². The number of aliphatic hydroxyl groups is 3. The Hall–Kier alpha value is -0.200. The first-order chi connectivity index (χ1) is 5.19. The summed E-state index contributed by atoms with van der Waals surface area (Å²) in [6.45, 7) is -0.186. The van der Waals surface area contributed by atoms with E-state index in [-0.39, 0.29) is 13.2 Å². The number of hydrogen-bond donors (Lipinski definition) is 3. The zero-order valence-corrected chi connectivity index (χ0v) is 5.80. The quantitative estimate of drug-likeness (QED) is 0.409. The zero-order chi connectivity index (χ0) is 8.06. The molecule has 2 rings (SSSR count). The lowest BCUT2D eigenvalue weighted by atomic mass is 10.0. The summed E-state index contributed by atoms with van der Waals surface area (Å²) >= 11 is 0. The summed E-state index contributed by atoms with van der Waals surface area (Å²) in [5.74, 6) is 0. The Bertz CT molecular complexity index is 172. The molecule has 0 aromatic heterocycles. The summed E-state index contributed by atoms with van der Waals surface area (Å²) < 4.78 is 9.93. The lowest BCUT2D eigenvalue weighted by Gasteiger charge is -2.26. The lowest BCUT2D eigenvalue weighted by molar-refractivity contribution is -0.231. The van der Waals surface area contributed by atoms with Crippen LogP contribution in [0.1, 0.15) is 0 Å². The molecule has 4 atom stereocenters. The van der Waals surface area contributed by atoms with Gasteiger partial charge in [-0.3, -0.25) is 0 Å². The molecule has 0 spiro atoms. The van der Waals surface area contributed by atoms with Gasteiger partial charge in [-0.05, 0) is 0 Å². The molecule has 5 nitrogen and oxygen atoms in total. The largest absolute Gasteiger partial charge is 0.393 e. The second-order valence-electron chi connectivity index (χ2n) is 2.95. The number of fused-ring (bicyclic) bond motifs is 2. The molecule has 2 aliphatic heterocycles. The van der Waals surface area contributed by atoms with E-state index in [1.807, 2.05) is 0 Å². The molecule has 2 saturated heterocycles. The van der Waals surface area contributed by atoms with Crippen LogP contribution in [0.15, 0.2) is 0 Å². The van der Waals surface area contributed by atoms with E-state index in [9.17, 15) is 5.11 Å². The van der Waals surface area contributed by atoms with Gasteiger partial charge in [0.05, 0.1) is 13.2 Å². The average molecular weight is 162 g/mol. The van der Waals surface area contributed by atoms with Crippen LogP contribution in [0.4, 0.5) is 0 Å². The first-order valence-corrected chi connectivity index (χ1v) is 3.46. The van der Waals surface area contributed by atoms with E-state index in [0.717, 1.165) is 0 Å². The third-order valence-electron chi connectivity index (χ3n) is 2.27. The number of aliphatic hydroxyl groups excluding tert-OH is 3. The van der Waals surface area contributed by atoms with Gasteiger partial charge in [-0.1, -0.05) is 0 Å². The monoisotopic (exact) mass is 162 g/mol. The van der Waals surface area contributed by atoms with E-state index >= 15 is 0 Å². The molecule has 0 aromatic carbocycles. The van der Waals surface area contributed by atoms with Crippen molar-refractivity contribution in [3.05, 3.63) is 0 Å². The summed E-state index contributed by atoms with van der Waals surface area (Å²) in [4.78, 5) is 0. The van der Waals surface area contributed by atoms with Crippen LogP contribution in [-0.2, 0) is 9.47 Å². The van der Waals surface area contributed by atoms with Gasteiger partial charge in [-0.15, -0.1) is 0 Å². The standard InChI is InChI=1S/C6H10O5/c7-1-6-2-10-3(4(6)8)5(9)11-6/h3-5,7-9H,1-2H2/t3-,4-,5-,6+/m1/s1. The summed E-state index contributed by atoms with van der Waals surface area (Å²) in [6, 6.07) is 0. The van der Waals surface area contributed by atoms with Crippen LogP contribution in [-0.4, -0.2) is 52.6 Å². The van der Waals surface area contributed by atoms with Gasteiger partial charge in [0.1, 0.15) is 17.8 Å². The molecule has 2 heterocycles. The maximum atomic E-state index is 9.38. The Kier molecular flexibility index (Phi) is 1.45. The number of ether oxygens (including phenoxy) is 2. The molecule has 64 valence electrons. The zero-order valence-electron chi connectivity index (χ0n) is 5.80. The Morgan fingerprint density at radius 3 is 2.45 bits per heavy atom. The van der Waals surface area contributed by atoms with E-state index in [0.29, 0.717) is 0 Å². The van der Waals surface area contributed by atoms with Crippen LogP contribution >= 0.6 is 0 Å². The van der Waals surface area contributed by atoms with Gasteiger partial charge in [-0.25, -0.2) is 0 Å². The maximum absolute atomic E-state index is 9.38. The minimum Gasteiger partial charge on any atom is -0.393 e. The Labute approximate surface area is 63.2 Å². The fourth-order valence-electron chi connectivity index (χ4n) is 1.54. The van der Waals surface area contributed by atoms with Gasteiger partial charge < -0.3 is 24.8 Å². The van der Waals surface area contributed by atoms with Crippen molar-refractivity contribution in [1.29, 1.82) is 0 Å². The van der Waals surface area contributed by atoms with Crippen molar-refractivity contribution in [3.8, 4) is 0 Å². The molecule has 0 amide bonds. The predicted octanol–water partition coefficient (Wildman–Crippen LogP) is -2.17. The molecule has 5 heteroatoms.